The van der Waals surface area contributed by atoms with Crippen molar-refractivity contribution < 1.29 is 19.0 Å². The lowest BCUT2D eigenvalue weighted by Crippen LogP contribution is -2.23. The maximum Gasteiger partial charge on any atom is 0.343 e. The van der Waals surface area contributed by atoms with E-state index in [-0.39, 0.29) is 5.11 Å². The lowest BCUT2D eigenvalue weighted by atomic mass is 10.2. The van der Waals surface area contributed by atoms with Crippen LogP contribution in [0.15, 0.2) is 47.6 Å². The topological polar surface area (TPSA) is 95.2 Å². The van der Waals surface area contributed by atoms with Gasteiger partial charge in [-0.1, -0.05) is 0 Å². The van der Waals surface area contributed by atoms with Gasteiger partial charge in [0.2, 0.25) is 0 Å². The van der Waals surface area contributed by atoms with Gasteiger partial charge >= 0.3 is 5.97 Å². The van der Waals surface area contributed by atoms with Gasteiger partial charge in [0.05, 0.1) is 25.5 Å². The third-order valence-electron chi connectivity index (χ3n) is 3.18. The van der Waals surface area contributed by atoms with Crippen LogP contribution in [0, 0.1) is 0 Å². The summed E-state index contributed by atoms with van der Waals surface area (Å²) in [7, 11) is 1.56. The first-order valence-corrected chi connectivity index (χ1v) is 8.16. The molecule has 0 atom stereocenters. The Balaban J connectivity index is 2.17. The highest BCUT2D eigenvalue weighted by molar-refractivity contribution is 7.80. The van der Waals surface area contributed by atoms with E-state index in [9.17, 15) is 4.79 Å². The third kappa shape index (κ3) is 5.45. The summed E-state index contributed by atoms with van der Waals surface area (Å²) in [4.78, 5) is 12.3. The van der Waals surface area contributed by atoms with Crippen molar-refractivity contribution in [2.24, 2.45) is 10.8 Å². The van der Waals surface area contributed by atoms with Crippen LogP contribution in [0.5, 0.6) is 17.2 Å². The van der Waals surface area contributed by atoms with E-state index in [0.717, 1.165) is 5.56 Å². The zero-order valence-electron chi connectivity index (χ0n) is 14.4. The van der Waals surface area contributed by atoms with Crippen molar-refractivity contribution in [3.63, 3.8) is 0 Å². The van der Waals surface area contributed by atoms with Gasteiger partial charge in [-0.3, -0.25) is 5.43 Å². The molecule has 0 fully saturated rings. The average Bonchev–Trinajstić information content (AvgIpc) is 2.63. The number of thiocarbonyl (C=S) groups is 1. The van der Waals surface area contributed by atoms with Crippen molar-refractivity contribution in [2.45, 2.75) is 6.92 Å². The second kappa shape index (κ2) is 9.38. The van der Waals surface area contributed by atoms with Crippen LogP contribution in [0.4, 0.5) is 0 Å². The van der Waals surface area contributed by atoms with Gasteiger partial charge < -0.3 is 19.9 Å². The Labute approximate surface area is 156 Å². The Hall–Kier alpha value is -3.13. The number of ether oxygens (including phenoxy) is 3. The molecule has 0 amide bonds. The molecule has 0 radical (unpaired) electrons. The molecule has 0 aliphatic heterocycles. The fraction of sp³-hybridized carbons (Fsp3) is 0.167. The Morgan fingerprint density at radius 2 is 1.96 bits per heavy atom. The molecule has 3 N–H and O–H groups in total. The molecule has 0 aromatic heterocycles. The number of nitrogens with two attached hydrogens (primary N) is 1. The first-order valence-electron chi connectivity index (χ1n) is 7.75. The number of nitrogens with one attached hydrogen (secondary N) is 1. The van der Waals surface area contributed by atoms with Crippen molar-refractivity contribution in [1.82, 2.24) is 5.43 Å². The Morgan fingerprint density at radius 1 is 1.23 bits per heavy atom. The molecular weight excluding hydrogens is 354 g/mol. The molecule has 0 heterocycles. The average molecular weight is 373 g/mol. The summed E-state index contributed by atoms with van der Waals surface area (Å²) in [6.45, 7) is 2.25. The fourth-order valence-corrected chi connectivity index (χ4v) is 2.07. The number of rotatable bonds is 7. The van der Waals surface area contributed by atoms with Crippen LogP contribution in [0.25, 0.3) is 0 Å². The van der Waals surface area contributed by atoms with Crippen molar-refractivity contribution in [2.75, 3.05) is 13.7 Å². The molecule has 2 aromatic rings. The smallest absolute Gasteiger partial charge is 0.343 e. The summed E-state index contributed by atoms with van der Waals surface area (Å²) in [5.74, 6) is 0.900. The SMILES string of the molecule is CCOc1cc(/C=N\NC(N)=S)ccc1OC(=O)c1ccc(OC)cc1. The summed E-state index contributed by atoms with van der Waals surface area (Å²) in [5.41, 5.74) is 8.89. The number of carbonyl (C=O) groups excluding carboxylic acids is 1. The molecule has 0 unspecified atom stereocenters. The maximum absolute atomic E-state index is 12.3. The predicted molar refractivity (Wildman–Crippen MR) is 103 cm³/mol. The number of esters is 1. The minimum atomic E-state index is -0.495. The van der Waals surface area contributed by atoms with E-state index >= 15 is 0 Å². The number of hydrazone groups is 1. The van der Waals surface area contributed by atoms with Gasteiger partial charge in [-0.05, 0) is 67.2 Å². The van der Waals surface area contributed by atoms with Gasteiger partial charge in [-0.2, -0.15) is 5.10 Å². The molecule has 0 spiro atoms. The van der Waals surface area contributed by atoms with Crippen molar-refractivity contribution in [1.29, 1.82) is 0 Å². The summed E-state index contributed by atoms with van der Waals surface area (Å²) in [6.07, 6.45) is 1.52. The third-order valence-corrected chi connectivity index (χ3v) is 3.28. The zero-order valence-corrected chi connectivity index (χ0v) is 15.2. The quantitative estimate of drug-likeness (QED) is 0.253. The molecule has 2 aromatic carbocycles. The normalized spacial score (nSPS) is 10.4. The van der Waals surface area contributed by atoms with Gasteiger partial charge in [0.15, 0.2) is 16.6 Å². The van der Waals surface area contributed by atoms with Crippen LogP contribution in [0.1, 0.15) is 22.8 Å². The van der Waals surface area contributed by atoms with Crippen LogP contribution < -0.4 is 25.4 Å². The van der Waals surface area contributed by atoms with Crippen LogP contribution in [0.3, 0.4) is 0 Å². The Kier molecular flexibility index (Phi) is 6.92. The van der Waals surface area contributed by atoms with Gasteiger partial charge in [0.1, 0.15) is 5.75 Å². The largest absolute Gasteiger partial charge is 0.497 e. The number of hydrogen-bond donors (Lipinski definition) is 2. The maximum atomic E-state index is 12.3. The van der Waals surface area contributed by atoms with E-state index in [1.807, 2.05) is 6.92 Å². The summed E-state index contributed by atoms with van der Waals surface area (Å²) in [6, 6.07) is 11.7. The number of carbonyl (C=O) groups is 1. The van der Waals surface area contributed by atoms with E-state index in [2.05, 4.69) is 22.7 Å². The van der Waals surface area contributed by atoms with Crippen LogP contribution in [0.2, 0.25) is 0 Å². The number of hydrogen-bond acceptors (Lipinski definition) is 6. The summed E-state index contributed by atoms with van der Waals surface area (Å²) >= 11 is 4.67. The van der Waals surface area contributed by atoms with E-state index in [1.165, 1.54) is 6.21 Å². The monoisotopic (exact) mass is 373 g/mol. The molecule has 0 aliphatic carbocycles. The molecule has 0 saturated heterocycles. The minimum absolute atomic E-state index is 0.0660. The van der Waals surface area contributed by atoms with Gasteiger partial charge in [0, 0.05) is 0 Å². The first kappa shape index (κ1) is 19.2. The Bertz CT molecular complexity index is 807. The summed E-state index contributed by atoms with van der Waals surface area (Å²) in [5, 5.41) is 3.95. The first-order chi connectivity index (χ1) is 12.5. The van der Waals surface area contributed by atoms with E-state index < -0.39 is 5.97 Å². The number of benzene rings is 2. The molecule has 136 valence electrons. The van der Waals surface area contributed by atoms with Crippen LogP contribution in [-0.4, -0.2) is 31.0 Å². The van der Waals surface area contributed by atoms with Crippen molar-refractivity contribution >= 4 is 29.5 Å². The van der Waals surface area contributed by atoms with Gasteiger partial charge in [-0.25, -0.2) is 4.79 Å². The van der Waals surface area contributed by atoms with Gasteiger partial charge in [-0.15, -0.1) is 0 Å². The second-order valence-corrected chi connectivity index (χ2v) is 5.43. The molecule has 8 heteroatoms. The molecule has 0 bridgehead atoms. The molecule has 26 heavy (non-hydrogen) atoms. The van der Waals surface area contributed by atoms with Crippen LogP contribution in [-0.2, 0) is 0 Å². The standard InChI is InChI=1S/C18H19N3O4S/c1-3-24-16-10-12(11-20-21-18(19)26)4-9-15(16)25-17(22)13-5-7-14(23-2)8-6-13/h4-11H,3H2,1-2H3,(H3,19,21,26)/b20-11-. The number of nitrogens with zero attached hydrogens (tertiary/aromatic N) is 1. The molecule has 2 rings (SSSR count). The lowest BCUT2D eigenvalue weighted by Gasteiger charge is -2.11. The Morgan fingerprint density at radius 3 is 2.58 bits per heavy atom. The molecule has 7 nitrogen and oxygen atoms in total. The zero-order chi connectivity index (χ0) is 18.9. The van der Waals surface area contributed by atoms with Crippen molar-refractivity contribution in [3.05, 3.63) is 53.6 Å². The van der Waals surface area contributed by atoms with Crippen LogP contribution >= 0.6 is 12.2 Å². The minimum Gasteiger partial charge on any atom is -0.497 e. The lowest BCUT2D eigenvalue weighted by molar-refractivity contribution is 0.0728. The predicted octanol–water partition coefficient (Wildman–Crippen LogP) is 2.48. The van der Waals surface area contributed by atoms with Crippen molar-refractivity contribution in [3.8, 4) is 17.2 Å². The van der Waals surface area contributed by atoms with Gasteiger partial charge in [0.25, 0.3) is 0 Å². The van der Waals surface area contributed by atoms with E-state index in [1.54, 1.807) is 49.6 Å². The highest BCUT2D eigenvalue weighted by Crippen LogP contribution is 2.29. The highest BCUT2D eigenvalue weighted by Gasteiger charge is 2.13. The highest BCUT2D eigenvalue weighted by atomic mass is 32.1. The second-order valence-electron chi connectivity index (χ2n) is 4.99. The van der Waals surface area contributed by atoms with E-state index in [4.69, 9.17) is 19.9 Å². The molecule has 0 saturated carbocycles. The fourth-order valence-electron chi connectivity index (χ4n) is 2.01. The summed E-state index contributed by atoms with van der Waals surface area (Å²) < 4.78 is 16.1. The molecule has 0 aliphatic rings. The van der Waals surface area contributed by atoms with E-state index in [0.29, 0.717) is 29.4 Å². The molecular formula is C18H19N3O4S. The number of methoxy groups -OCH3 is 1.